The zero-order chi connectivity index (χ0) is 19.5. The third-order valence-corrected chi connectivity index (χ3v) is 5.11. The van der Waals surface area contributed by atoms with Crippen molar-refractivity contribution in [2.75, 3.05) is 31.1 Å². The van der Waals surface area contributed by atoms with Gasteiger partial charge in [0, 0.05) is 32.4 Å². The SMILES string of the molecule is CC(C)Cc1ccc(C#N)c(N2CCN(Cc3nc4ncccc4o3)CC2)c1. The van der Waals surface area contributed by atoms with E-state index in [4.69, 9.17) is 4.42 Å². The number of nitrogens with zero attached hydrogens (tertiary/aromatic N) is 5. The van der Waals surface area contributed by atoms with Gasteiger partial charge in [0.2, 0.25) is 5.89 Å². The van der Waals surface area contributed by atoms with Crippen LogP contribution in [0.15, 0.2) is 40.9 Å². The standard InChI is InChI=1S/C22H25N5O/c1-16(2)12-17-5-6-18(14-23)19(13-17)27-10-8-26(9-11-27)15-21-25-22-20(28-21)4-3-7-24-22/h3-7,13,16H,8-12,15H2,1-2H3. The zero-order valence-corrected chi connectivity index (χ0v) is 16.4. The predicted molar refractivity (Wildman–Crippen MR) is 109 cm³/mol. The monoisotopic (exact) mass is 375 g/mol. The average Bonchev–Trinajstić information content (AvgIpc) is 3.10. The maximum absolute atomic E-state index is 9.52. The molecule has 0 saturated carbocycles. The van der Waals surface area contributed by atoms with Crippen molar-refractivity contribution in [2.24, 2.45) is 5.92 Å². The van der Waals surface area contributed by atoms with E-state index in [-0.39, 0.29) is 0 Å². The maximum Gasteiger partial charge on any atom is 0.211 e. The molecule has 0 spiro atoms. The first-order chi connectivity index (χ1) is 13.6. The number of anilines is 1. The summed E-state index contributed by atoms with van der Waals surface area (Å²) in [6.45, 7) is 8.71. The summed E-state index contributed by atoms with van der Waals surface area (Å²) in [7, 11) is 0. The molecule has 0 unspecified atom stereocenters. The summed E-state index contributed by atoms with van der Waals surface area (Å²) >= 11 is 0. The lowest BCUT2D eigenvalue weighted by Crippen LogP contribution is -2.46. The summed E-state index contributed by atoms with van der Waals surface area (Å²) in [6, 6.07) is 12.3. The summed E-state index contributed by atoms with van der Waals surface area (Å²) in [5.41, 5.74) is 4.51. The van der Waals surface area contributed by atoms with Gasteiger partial charge in [-0.15, -0.1) is 0 Å². The van der Waals surface area contributed by atoms with E-state index in [2.05, 4.69) is 51.8 Å². The third-order valence-electron chi connectivity index (χ3n) is 5.11. The number of rotatable bonds is 5. The molecule has 0 aliphatic carbocycles. The first kappa shape index (κ1) is 18.5. The van der Waals surface area contributed by atoms with Crippen LogP contribution in [-0.4, -0.2) is 41.0 Å². The zero-order valence-electron chi connectivity index (χ0n) is 16.4. The van der Waals surface area contributed by atoms with E-state index in [1.807, 2.05) is 18.2 Å². The molecule has 2 aromatic heterocycles. The number of nitriles is 1. The van der Waals surface area contributed by atoms with Crippen LogP contribution in [0.1, 0.15) is 30.9 Å². The Labute approximate surface area is 165 Å². The van der Waals surface area contributed by atoms with Gasteiger partial charge in [0.15, 0.2) is 11.2 Å². The van der Waals surface area contributed by atoms with Crippen LogP contribution >= 0.6 is 0 Å². The number of fused-ring (bicyclic) bond motifs is 1. The Morgan fingerprint density at radius 1 is 1.18 bits per heavy atom. The van der Waals surface area contributed by atoms with Gasteiger partial charge >= 0.3 is 0 Å². The number of oxazole rings is 1. The van der Waals surface area contributed by atoms with Crippen molar-refractivity contribution in [3.8, 4) is 6.07 Å². The Bertz CT molecular complexity index is 963. The van der Waals surface area contributed by atoms with Gasteiger partial charge in [0.25, 0.3) is 0 Å². The van der Waals surface area contributed by atoms with Crippen molar-refractivity contribution < 1.29 is 4.42 Å². The Hall–Kier alpha value is -2.91. The number of aromatic nitrogens is 2. The Kier molecular flexibility index (Phi) is 5.27. The van der Waals surface area contributed by atoms with Crippen molar-refractivity contribution in [3.05, 3.63) is 53.5 Å². The molecule has 0 bridgehead atoms. The highest BCUT2D eigenvalue weighted by molar-refractivity contribution is 5.66. The molecule has 144 valence electrons. The molecule has 1 aromatic carbocycles. The Morgan fingerprint density at radius 3 is 2.71 bits per heavy atom. The quantitative estimate of drug-likeness (QED) is 0.678. The Balaban J connectivity index is 1.43. The fraction of sp³-hybridized carbons (Fsp3) is 0.409. The highest BCUT2D eigenvalue weighted by atomic mass is 16.3. The summed E-state index contributed by atoms with van der Waals surface area (Å²) < 4.78 is 5.80. The van der Waals surface area contributed by atoms with Crippen molar-refractivity contribution in [2.45, 2.75) is 26.8 Å². The second-order valence-electron chi connectivity index (χ2n) is 7.76. The molecule has 3 aromatic rings. The second kappa shape index (κ2) is 7.99. The van der Waals surface area contributed by atoms with Crippen molar-refractivity contribution in [1.29, 1.82) is 5.26 Å². The first-order valence-electron chi connectivity index (χ1n) is 9.83. The van der Waals surface area contributed by atoms with Crippen LogP contribution in [0.5, 0.6) is 0 Å². The lowest BCUT2D eigenvalue weighted by atomic mass is 10.00. The minimum atomic E-state index is 0.600. The molecule has 1 aliphatic rings. The summed E-state index contributed by atoms with van der Waals surface area (Å²) in [4.78, 5) is 13.4. The third kappa shape index (κ3) is 4.00. The number of hydrogen-bond donors (Lipinski definition) is 0. The van der Waals surface area contributed by atoms with E-state index in [0.717, 1.165) is 49.4 Å². The molecule has 0 atom stereocenters. The highest BCUT2D eigenvalue weighted by Crippen LogP contribution is 2.25. The molecule has 6 nitrogen and oxygen atoms in total. The van der Waals surface area contributed by atoms with E-state index in [9.17, 15) is 5.26 Å². The minimum absolute atomic E-state index is 0.600. The van der Waals surface area contributed by atoms with Crippen LogP contribution in [0, 0.1) is 17.2 Å². The Morgan fingerprint density at radius 2 is 2.00 bits per heavy atom. The van der Waals surface area contributed by atoms with Crippen LogP contribution in [0.3, 0.4) is 0 Å². The van der Waals surface area contributed by atoms with Crippen LogP contribution < -0.4 is 4.90 Å². The van der Waals surface area contributed by atoms with Gasteiger partial charge in [-0.25, -0.2) is 4.98 Å². The van der Waals surface area contributed by atoms with Gasteiger partial charge in [0.05, 0.1) is 17.8 Å². The molecule has 3 heterocycles. The molecule has 0 N–H and O–H groups in total. The second-order valence-corrected chi connectivity index (χ2v) is 7.76. The maximum atomic E-state index is 9.52. The molecular weight excluding hydrogens is 350 g/mol. The van der Waals surface area contributed by atoms with Gasteiger partial charge in [-0.3, -0.25) is 4.90 Å². The van der Waals surface area contributed by atoms with Crippen molar-refractivity contribution >= 4 is 16.9 Å². The van der Waals surface area contributed by atoms with E-state index in [1.54, 1.807) is 6.20 Å². The largest absolute Gasteiger partial charge is 0.438 e. The number of benzene rings is 1. The van der Waals surface area contributed by atoms with E-state index in [0.29, 0.717) is 24.0 Å². The molecular formula is C22H25N5O. The fourth-order valence-corrected chi connectivity index (χ4v) is 3.75. The lowest BCUT2D eigenvalue weighted by Gasteiger charge is -2.36. The summed E-state index contributed by atoms with van der Waals surface area (Å²) in [5.74, 6) is 1.31. The molecule has 0 amide bonds. The van der Waals surface area contributed by atoms with E-state index in [1.165, 1.54) is 5.56 Å². The van der Waals surface area contributed by atoms with Gasteiger partial charge < -0.3 is 9.32 Å². The molecule has 6 heteroatoms. The number of pyridine rings is 1. The van der Waals surface area contributed by atoms with Crippen LogP contribution in [0.25, 0.3) is 11.2 Å². The number of hydrogen-bond acceptors (Lipinski definition) is 6. The molecule has 1 saturated heterocycles. The molecule has 28 heavy (non-hydrogen) atoms. The fourth-order valence-electron chi connectivity index (χ4n) is 3.75. The van der Waals surface area contributed by atoms with Gasteiger partial charge in [0.1, 0.15) is 6.07 Å². The highest BCUT2D eigenvalue weighted by Gasteiger charge is 2.21. The molecule has 1 fully saturated rings. The molecule has 0 radical (unpaired) electrons. The lowest BCUT2D eigenvalue weighted by molar-refractivity contribution is 0.228. The van der Waals surface area contributed by atoms with Crippen molar-refractivity contribution in [1.82, 2.24) is 14.9 Å². The minimum Gasteiger partial charge on any atom is -0.438 e. The first-order valence-corrected chi connectivity index (χ1v) is 9.83. The van der Waals surface area contributed by atoms with Gasteiger partial charge in [-0.05, 0) is 42.2 Å². The molecule has 1 aliphatic heterocycles. The normalized spacial score (nSPS) is 15.3. The summed E-state index contributed by atoms with van der Waals surface area (Å²) in [6.07, 6.45) is 2.76. The smallest absolute Gasteiger partial charge is 0.211 e. The topological polar surface area (TPSA) is 69.2 Å². The molecule has 4 rings (SSSR count). The van der Waals surface area contributed by atoms with E-state index < -0.39 is 0 Å². The van der Waals surface area contributed by atoms with Crippen LogP contribution in [-0.2, 0) is 13.0 Å². The van der Waals surface area contributed by atoms with Crippen LogP contribution in [0.4, 0.5) is 5.69 Å². The number of piperazine rings is 1. The van der Waals surface area contributed by atoms with E-state index >= 15 is 0 Å². The van der Waals surface area contributed by atoms with Gasteiger partial charge in [-0.2, -0.15) is 10.2 Å². The summed E-state index contributed by atoms with van der Waals surface area (Å²) in [5, 5.41) is 9.52. The van der Waals surface area contributed by atoms with Crippen LogP contribution in [0.2, 0.25) is 0 Å². The predicted octanol–water partition coefficient (Wildman–Crippen LogP) is 3.62. The average molecular weight is 375 g/mol. The van der Waals surface area contributed by atoms with Crippen molar-refractivity contribution in [3.63, 3.8) is 0 Å². The van der Waals surface area contributed by atoms with Gasteiger partial charge in [-0.1, -0.05) is 19.9 Å².